The van der Waals surface area contributed by atoms with Crippen molar-refractivity contribution < 1.29 is 4.79 Å². The van der Waals surface area contributed by atoms with E-state index < -0.39 is 5.91 Å². The Kier molecular flexibility index (Phi) is 4.02. The number of aromatic nitrogens is 5. The molecule has 8 nitrogen and oxygen atoms in total. The Morgan fingerprint density at radius 2 is 2.09 bits per heavy atom. The average Bonchev–Trinajstić information content (AvgIpc) is 3.04. The Labute approximate surface area is 138 Å². The van der Waals surface area contributed by atoms with Gasteiger partial charge in [-0.2, -0.15) is 10.2 Å². The quantitative estimate of drug-likeness (QED) is 0.746. The van der Waals surface area contributed by atoms with Gasteiger partial charge in [-0.3, -0.25) is 9.59 Å². The monoisotopic (exact) mass is 374 g/mol. The van der Waals surface area contributed by atoms with Gasteiger partial charge in [0.05, 0.1) is 11.4 Å². The van der Waals surface area contributed by atoms with Crippen molar-refractivity contribution in [2.45, 2.75) is 0 Å². The van der Waals surface area contributed by atoms with Crippen LogP contribution < -0.4 is 10.9 Å². The van der Waals surface area contributed by atoms with Gasteiger partial charge in [-0.05, 0) is 24.3 Å². The molecule has 116 valence electrons. The highest BCUT2D eigenvalue weighted by Crippen LogP contribution is 2.24. The van der Waals surface area contributed by atoms with Gasteiger partial charge in [-0.15, -0.1) is 0 Å². The van der Waals surface area contributed by atoms with E-state index in [0.29, 0.717) is 11.4 Å². The van der Waals surface area contributed by atoms with Crippen LogP contribution in [0.2, 0.25) is 0 Å². The van der Waals surface area contributed by atoms with Crippen molar-refractivity contribution >= 4 is 27.5 Å². The van der Waals surface area contributed by atoms with E-state index in [1.54, 1.807) is 12.1 Å². The molecule has 0 unspecified atom stereocenters. The van der Waals surface area contributed by atoms with Crippen LogP contribution in [0.5, 0.6) is 0 Å². The second kappa shape index (κ2) is 6.13. The lowest BCUT2D eigenvalue weighted by Gasteiger charge is -2.11. The zero-order valence-corrected chi connectivity index (χ0v) is 13.6. The van der Waals surface area contributed by atoms with Crippen molar-refractivity contribution in [2.24, 2.45) is 7.05 Å². The number of rotatable bonds is 3. The molecule has 0 fully saturated rings. The molecule has 9 heteroatoms. The molecule has 0 aliphatic rings. The molecule has 0 spiro atoms. The summed E-state index contributed by atoms with van der Waals surface area (Å²) in [7, 11) is 1.49. The highest BCUT2D eigenvalue weighted by atomic mass is 79.9. The number of anilines is 1. The summed E-state index contributed by atoms with van der Waals surface area (Å²) in [5, 5.41) is 10.8. The summed E-state index contributed by atoms with van der Waals surface area (Å²) < 4.78 is 3.44. The van der Waals surface area contributed by atoms with Crippen LogP contribution in [0.4, 0.5) is 5.69 Å². The minimum absolute atomic E-state index is 0.136. The molecular formula is C14H11BrN6O2. The highest BCUT2D eigenvalue weighted by Gasteiger charge is 2.13. The Morgan fingerprint density at radius 3 is 2.78 bits per heavy atom. The SMILES string of the molecule is Cn1nc(C(=O)Nc2cc(Br)ccc2-n2cncn2)ccc1=O. The molecule has 0 saturated carbocycles. The molecule has 1 amide bonds. The molecule has 0 bridgehead atoms. The number of halogens is 1. The molecule has 3 aromatic rings. The van der Waals surface area contributed by atoms with Crippen LogP contribution in [0.3, 0.4) is 0 Å². The van der Waals surface area contributed by atoms with Crippen LogP contribution >= 0.6 is 15.9 Å². The lowest BCUT2D eigenvalue weighted by Crippen LogP contribution is -2.24. The minimum atomic E-state index is -0.430. The summed E-state index contributed by atoms with van der Waals surface area (Å²) in [6.07, 6.45) is 2.94. The molecule has 2 heterocycles. The maximum atomic E-state index is 12.4. The highest BCUT2D eigenvalue weighted by molar-refractivity contribution is 9.10. The molecule has 0 atom stereocenters. The van der Waals surface area contributed by atoms with Gasteiger partial charge < -0.3 is 5.32 Å². The van der Waals surface area contributed by atoms with E-state index in [-0.39, 0.29) is 11.3 Å². The Morgan fingerprint density at radius 1 is 1.26 bits per heavy atom. The van der Waals surface area contributed by atoms with E-state index in [1.165, 1.54) is 36.5 Å². The van der Waals surface area contributed by atoms with Crippen LogP contribution in [-0.2, 0) is 7.05 Å². The summed E-state index contributed by atoms with van der Waals surface area (Å²) in [6.45, 7) is 0. The summed E-state index contributed by atoms with van der Waals surface area (Å²) >= 11 is 3.37. The first-order valence-corrected chi connectivity index (χ1v) is 7.34. The number of hydrogen-bond donors (Lipinski definition) is 1. The second-order valence-electron chi connectivity index (χ2n) is 4.64. The number of amides is 1. The number of hydrogen-bond acceptors (Lipinski definition) is 5. The minimum Gasteiger partial charge on any atom is -0.319 e. The van der Waals surface area contributed by atoms with Crippen molar-refractivity contribution in [1.29, 1.82) is 0 Å². The Hall–Kier alpha value is -2.81. The first-order valence-electron chi connectivity index (χ1n) is 6.55. The van der Waals surface area contributed by atoms with Gasteiger partial charge in [0.25, 0.3) is 11.5 Å². The lowest BCUT2D eigenvalue weighted by molar-refractivity contribution is 0.102. The van der Waals surface area contributed by atoms with Gasteiger partial charge in [-0.25, -0.2) is 14.3 Å². The predicted molar refractivity (Wildman–Crippen MR) is 86.5 cm³/mol. The summed E-state index contributed by atoms with van der Waals surface area (Å²) in [5.74, 6) is -0.430. The van der Waals surface area contributed by atoms with Crippen LogP contribution in [-0.4, -0.2) is 30.5 Å². The van der Waals surface area contributed by atoms with E-state index in [1.807, 2.05) is 6.07 Å². The lowest BCUT2D eigenvalue weighted by atomic mass is 10.2. The van der Waals surface area contributed by atoms with Crippen LogP contribution in [0.15, 0.2) is 52.3 Å². The number of carbonyl (C=O) groups is 1. The first kappa shape index (κ1) is 15.1. The van der Waals surface area contributed by atoms with Gasteiger partial charge in [0.2, 0.25) is 0 Å². The Balaban J connectivity index is 1.96. The fourth-order valence-corrected chi connectivity index (χ4v) is 2.31. The van der Waals surface area contributed by atoms with Gasteiger partial charge in [0, 0.05) is 17.6 Å². The van der Waals surface area contributed by atoms with Crippen LogP contribution in [0.25, 0.3) is 5.69 Å². The van der Waals surface area contributed by atoms with Crippen molar-refractivity contribution in [3.8, 4) is 5.69 Å². The van der Waals surface area contributed by atoms with E-state index in [9.17, 15) is 9.59 Å². The van der Waals surface area contributed by atoms with Crippen molar-refractivity contribution in [1.82, 2.24) is 24.5 Å². The normalized spacial score (nSPS) is 10.5. The number of nitrogens with one attached hydrogen (secondary N) is 1. The van der Waals surface area contributed by atoms with Crippen molar-refractivity contribution in [2.75, 3.05) is 5.32 Å². The fourth-order valence-electron chi connectivity index (χ4n) is 1.95. The smallest absolute Gasteiger partial charge is 0.276 e. The van der Waals surface area contributed by atoms with E-state index >= 15 is 0 Å². The van der Waals surface area contributed by atoms with Gasteiger partial charge in [-0.1, -0.05) is 15.9 Å². The average molecular weight is 375 g/mol. The third-order valence-corrected chi connectivity index (χ3v) is 3.56. The summed E-state index contributed by atoms with van der Waals surface area (Å²) in [6, 6.07) is 8.04. The Bertz CT molecular complexity index is 919. The largest absolute Gasteiger partial charge is 0.319 e. The van der Waals surface area contributed by atoms with Gasteiger partial charge in [0.1, 0.15) is 18.3 Å². The number of nitrogens with zero attached hydrogens (tertiary/aromatic N) is 5. The zero-order valence-electron chi connectivity index (χ0n) is 12.0. The number of benzene rings is 1. The summed E-state index contributed by atoms with van der Waals surface area (Å²) in [5.41, 5.74) is 1.04. The van der Waals surface area contributed by atoms with Crippen molar-refractivity contribution in [3.05, 3.63) is 63.5 Å². The number of aryl methyl sites for hydroxylation is 1. The summed E-state index contributed by atoms with van der Waals surface area (Å²) in [4.78, 5) is 27.6. The molecule has 0 aliphatic heterocycles. The molecule has 0 saturated heterocycles. The molecule has 23 heavy (non-hydrogen) atoms. The molecule has 2 aromatic heterocycles. The van der Waals surface area contributed by atoms with Crippen LogP contribution in [0.1, 0.15) is 10.5 Å². The molecule has 0 aliphatic carbocycles. The zero-order chi connectivity index (χ0) is 16.4. The maximum Gasteiger partial charge on any atom is 0.276 e. The van der Waals surface area contributed by atoms with Crippen molar-refractivity contribution in [3.63, 3.8) is 0 Å². The molecule has 0 radical (unpaired) electrons. The van der Waals surface area contributed by atoms with E-state index in [4.69, 9.17) is 0 Å². The first-order chi connectivity index (χ1) is 11.0. The third kappa shape index (κ3) is 3.19. The maximum absolute atomic E-state index is 12.4. The van der Waals surface area contributed by atoms with Crippen LogP contribution in [0, 0.1) is 0 Å². The third-order valence-electron chi connectivity index (χ3n) is 3.07. The fraction of sp³-hybridized carbons (Fsp3) is 0.0714. The molecule has 1 aromatic carbocycles. The molecular weight excluding hydrogens is 364 g/mol. The predicted octanol–water partition coefficient (Wildman–Crippen LogP) is 1.38. The topological polar surface area (TPSA) is 94.7 Å². The molecule has 1 N–H and O–H groups in total. The standard InChI is InChI=1S/C14H11BrN6O2/c1-20-13(22)5-3-10(19-20)14(23)18-11-6-9(15)2-4-12(11)21-8-16-7-17-21/h2-8H,1H3,(H,18,23). The van der Waals surface area contributed by atoms with Gasteiger partial charge >= 0.3 is 0 Å². The van der Waals surface area contributed by atoms with Gasteiger partial charge in [0.15, 0.2) is 0 Å². The molecule has 3 rings (SSSR count). The second-order valence-corrected chi connectivity index (χ2v) is 5.55. The number of carbonyl (C=O) groups excluding carboxylic acids is 1. The van der Waals surface area contributed by atoms with E-state index in [2.05, 4.69) is 36.4 Å². The van der Waals surface area contributed by atoms with E-state index in [0.717, 1.165) is 9.15 Å².